The van der Waals surface area contributed by atoms with Gasteiger partial charge in [-0.25, -0.2) is 0 Å². The van der Waals surface area contributed by atoms with Gasteiger partial charge in [0.25, 0.3) is 0 Å². The average molecular weight is 251 g/mol. The van der Waals surface area contributed by atoms with Gasteiger partial charge in [-0.2, -0.15) is 0 Å². The number of rotatable bonds is 1. The molecule has 2 aromatic rings. The minimum absolute atomic E-state index is 0.779. The second-order valence-corrected chi connectivity index (χ2v) is 5.08. The quantitative estimate of drug-likeness (QED) is 0.773. The summed E-state index contributed by atoms with van der Waals surface area (Å²) in [5.41, 5.74) is 5.06. The molecule has 19 heavy (non-hydrogen) atoms. The first-order chi connectivity index (χ1) is 9.42. The Labute approximate surface area is 113 Å². The highest BCUT2D eigenvalue weighted by molar-refractivity contribution is 5.72. The summed E-state index contributed by atoms with van der Waals surface area (Å²) in [5, 5.41) is 0. The molecule has 0 spiro atoms. The lowest BCUT2D eigenvalue weighted by atomic mass is 9.95. The van der Waals surface area contributed by atoms with Crippen molar-refractivity contribution in [2.45, 2.75) is 19.3 Å². The van der Waals surface area contributed by atoms with E-state index in [4.69, 9.17) is 9.47 Å². The molecule has 2 aromatic carbocycles. The van der Waals surface area contributed by atoms with Crippen molar-refractivity contribution in [3.05, 3.63) is 47.5 Å². The van der Waals surface area contributed by atoms with Crippen LogP contribution in [0.3, 0.4) is 0 Å². The maximum absolute atomic E-state index is 5.76. The summed E-state index contributed by atoms with van der Waals surface area (Å²) in [7, 11) is 0. The van der Waals surface area contributed by atoms with Gasteiger partial charge in [-0.15, -0.1) is 0 Å². The number of fused-ring (bicyclic) bond motifs is 2. The molecule has 0 aliphatic carbocycles. The minimum atomic E-state index is 0.779. The molecular formula is C17H15O2. The van der Waals surface area contributed by atoms with Crippen LogP contribution in [0.1, 0.15) is 17.5 Å². The summed E-state index contributed by atoms with van der Waals surface area (Å²) in [6.07, 6.45) is 3.23. The third kappa shape index (κ3) is 1.79. The smallest absolute Gasteiger partial charge is 0.123 e. The van der Waals surface area contributed by atoms with E-state index in [1.54, 1.807) is 0 Å². The highest BCUT2D eigenvalue weighted by atomic mass is 16.5. The third-order valence-corrected chi connectivity index (χ3v) is 3.90. The second kappa shape index (κ2) is 4.30. The zero-order valence-corrected chi connectivity index (χ0v) is 10.7. The first-order valence-electron chi connectivity index (χ1n) is 6.84. The highest BCUT2D eigenvalue weighted by Gasteiger charge is 2.18. The Balaban J connectivity index is 1.83. The van der Waals surface area contributed by atoms with Crippen molar-refractivity contribution in [2.24, 2.45) is 0 Å². The summed E-state index contributed by atoms with van der Waals surface area (Å²) < 4.78 is 11.4. The van der Waals surface area contributed by atoms with Gasteiger partial charge in [0.05, 0.1) is 13.2 Å². The molecule has 95 valence electrons. The van der Waals surface area contributed by atoms with Crippen molar-refractivity contribution in [2.75, 3.05) is 13.2 Å². The standard InChI is InChI=1S/C17H15O2/c1-4-14(15-8-10-19-16(15)5-1)13-7-6-12-3-2-9-18-17(12)11-13/h4-7,11H,2-3,8-10H2. The summed E-state index contributed by atoms with van der Waals surface area (Å²) in [6, 6.07) is 13.7. The molecule has 0 aromatic heterocycles. The van der Waals surface area contributed by atoms with Crippen molar-refractivity contribution < 1.29 is 9.47 Å². The average Bonchev–Trinajstić information content (AvgIpc) is 2.95. The molecule has 0 saturated carbocycles. The Kier molecular flexibility index (Phi) is 2.47. The number of aryl methyl sites for hydroxylation is 1. The molecule has 0 unspecified atom stereocenters. The molecule has 2 heteroatoms. The predicted molar refractivity (Wildman–Crippen MR) is 73.7 cm³/mol. The number of ether oxygens (including phenoxy) is 2. The monoisotopic (exact) mass is 251 g/mol. The van der Waals surface area contributed by atoms with Crippen LogP contribution in [0, 0.1) is 6.07 Å². The molecule has 4 rings (SSSR count). The van der Waals surface area contributed by atoms with Crippen LogP contribution >= 0.6 is 0 Å². The van der Waals surface area contributed by atoms with Crippen LogP contribution in [0.2, 0.25) is 0 Å². The fourth-order valence-corrected chi connectivity index (χ4v) is 2.92. The molecule has 0 bridgehead atoms. The maximum Gasteiger partial charge on any atom is 0.123 e. The van der Waals surface area contributed by atoms with E-state index in [9.17, 15) is 0 Å². The predicted octanol–water partition coefficient (Wildman–Crippen LogP) is 3.41. The van der Waals surface area contributed by atoms with Gasteiger partial charge in [-0.3, -0.25) is 0 Å². The number of hydrogen-bond acceptors (Lipinski definition) is 2. The van der Waals surface area contributed by atoms with E-state index >= 15 is 0 Å². The fourth-order valence-electron chi connectivity index (χ4n) is 2.92. The van der Waals surface area contributed by atoms with E-state index in [-0.39, 0.29) is 0 Å². The summed E-state index contributed by atoms with van der Waals surface area (Å²) in [4.78, 5) is 0. The van der Waals surface area contributed by atoms with Crippen molar-refractivity contribution >= 4 is 0 Å². The lowest BCUT2D eigenvalue weighted by Gasteiger charge is -2.18. The van der Waals surface area contributed by atoms with Gasteiger partial charge in [0.15, 0.2) is 0 Å². The van der Waals surface area contributed by atoms with E-state index in [1.165, 1.54) is 22.3 Å². The van der Waals surface area contributed by atoms with Crippen LogP contribution in [0.15, 0.2) is 30.3 Å². The van der Waals surface area contributed by atoms with Crippen molar-refractivity contribution in [3.63, 3.8) is 0 Å². The molecule has 0 atom stereocenters. The Bertz CT molecular complexity index is 631. The highest BCUT2D eigenvalue weighted by Crippen LogP contribution is 2.37. The minimum Gasteiger partial charge on any atom is -0.493 e. The third-order valence-electron chi connectivity index (χ3n) is 3.90. The van der Waals surface area contributed by atoms with E-state index in [1.807, 2.05) is 6.07 Å². The number of hydrogen-bond donors (Lipinski definition) is 0. The largest absolute Gasteiger partial charge is 0.493 e. The van der Waals surface area contributed by atoms with E-state index in [0.717, 1.165) is 44.0 Å². The lowest BCUT2D eigenvalue weighted by Crippen LogP contribution is -2.08. The van der Waals surface area contributed by atoms with Gasteiger partial charge < -0.3 is 9.47 Å². The number of benzene rings is 2. The molecule has 2 aliphatic rings. The van der Waals surface area contributed by atoms with Crippen molar-refractivity contribution in [3.8, 4) is 22.6 Å². The van der Waals surface area contributed by atoms with Gasteiger partial charge >= 0.3 is 0 Å². The molecule has 2 heterocycles. The molecule has 0 amide bonds. The zero-order chi connectivity index (χ0) is 12.7. The normalized spacial score (nSPS) is 16.2. The summed E-state index contributed by atoms with van der Waals surface area (Å²) in [6.45, 7) is 1.61. The van der Waals surface area contributed by atoms with Crippen LogP contribution in [-0.4, -0.2) is 13.2 Å². The molecule has 0 N–H and O–H groups in total. The van der Waals surface area contributed by atoms with Crippen LogP contribution < -0.4 is 9.47 Å². The molecule has 2 aliphatic heterocycles. The van der Waals surface area contributed by atoms with Crippen molar-refractivity contribution in [1.82, 2.24) is 0 Å². The Morgan fingerprint density at radius 2 is 1.89 bits per heavy atom. The van der Waals surface area contributed by atoms with Gasteiger partial charge in [-0.1, -0.05) is 12.1 Å². The van der Waals surface area contributed by atoms with E-state index in [2.05, 4.69) is 30.3 Å². The van der Waals surface area contributed by atoms with E-state index < -0.39 is 0 Å². The lowest BCUT2D eigenvalue weighted by molar-refractivity contribution is 0.288. The van der Waals surface area contributed by atoms with Crippen LogP contribution in [0.4, 0.5) is 0 Å². The zero-order valence-electron chi connectivity index (χ0n) is 10.7. The molecule has 2 nitrogen and oxygen atoms in total. The topological polar surface area (TPSA) is 18.5 Å². The van der Waals surface area contributed by atoms with Crippen molar-refractivity contribution in [1.29, 1.82) is 0 Å². The van der Waals surface area contributed by atoms with Gasteiger partial charge in [0, 0.05) is 12.0 Å². The Hall–Kier alpha value is -1.96. The van der Waals surface area contributed by atoms with Crippen LogP contribution in [-0.2, 0) is 12.8 Å². The Morgan fingerprint density at radius 3 is 2.89 bits per heavy atom. The van der Waals surface area contributed by atoms with E-state index in [0.29, 0.717) is 0 Å². The van der Waals surface area contributed by atoms with Gasteiger partial charge in [0.2, 0.25) is 0 Å². The second-order valence-electron chi connectivity index (χ2n) is 5.08. The summed E-state index contributed by atoms with van der Waals surface area (Å²) in [5.74, 6) is 2.02. The fraction of sp³-hybridized carbons (Fsp3) is 0.294. The SMILES string of the molecule is [c]1cc2c(c(-c3ccc4c(c3)OCCC4)c1)CCO2. The molecule has 0 fully saturated rings. The van der Waals surface area contributed by atoms with Crippen LogP contribution in [0.5, 0.6) is 11.5 Å². The molecule has 0 saturated heterocycles. The Morgan fingerprint density at radius 1 is 0.947 bits per heavy atom. The first-order valence-corrected chi connectivity index (χ1v) is 6.84. The maximum atomic E-state index is 5.76. The summed E-state index contributed by atoms with van der Waals surface area (Å²) >= 11 is 0. The van der Waals surface area contributed by atoms with Crippen LogP contribution in [0.25, 0.3) is 11.1 Å². The molecular weight excluding hydrogens is 236 g/mol. The van der Waals surface area contributed by atoms with Gasteiger partial charge in [0.1, 0.15) is 11.5 Å². The van der Waals surface area contributed by atoms with Gasteiger partial charge in [-0.05, 0) is 53.8 Å². The molecule has 1 radical (unpaired) electrons. The first kappa shape index (κ1) is 10.9.